The number of aliphatic hydroxyl groups is 3. The van der Waals surface area contributed by atoms with E-state index in [1.165, 1.54) is 11.8 Å². The van der Waals surface area contributed by atoms with Crippen LogP contribution >= 0.6 is 35.0 Å². The van der Waals surface area contributed by atoms with Crippen molar-refractivity contribution in [2.24, 2.45) is 0 Å². The molecule has 4 atom stereocenters. The molecule has 0 amide bonds. The molecule has 2 aromatic carbocycles. The predicted octanol–water partition coefficient (Wildman–Crippen LogP) is 3.26. The second kappa shape index (κ2) is 8.92. The van der Waals surface area contributed by atoms with Gasteiger partial charge >= 0.3 is 0 Å². The van der Waals surface area contributed by atoms with Gasteiger partial charge in [-0.15, -0.1) is 0 Å². The molecule has 0 aliphatic carbocycles. The largest absolute Gasteiger partial charge is 0.497 e. The van der Waals surface area contributed by atoms with Crippen LogP contribution in [0.3, 0.4) is 0 Å². The average molecular weight is 471 g/mol. The van der Waals surface area contributed by atoms with Gasteiger partial charge in [0.05, 0.1) is 34.8 Å². The molecule has 3 N–H and O–H groups in total. The summed E-state index contributed by atoms with van der Waals surface area (Å²) in [6.07, 6.45) is -4.31. The molecule has 1 aromatic heterocycles. The lowest BCUT2D eigenvalue weighted by molar-refractivity contribution is -0.0546. The maximum Gasteiger partial charge on any atom is 0.171 e. The highest BCUT2D eigenvalue weighted by atomic mass is 35.5. The molecule has 1 fully saturated rings. The second-order valence-corrected chi connectivity index (χ2v) is 8.65. The highest BCUT2D eigenvalue weighted by molar-refractivity contribution is 7.98. The van der Waals surface area contributed by atoms with E-state index >= 15 is 0 Å². The molecule has 0 bridgehead atoms. The summed E-state index contributed by atoms with van der Waals surface area (Å²) in [7, 11) is 1.61. The number of halogens is 2. The second-order valence-electron chi connectivity index (χ2n) is 6.89. The predicted molar refractivity (Wildman–Crippen MR) is 115 cm³/mol. The minimum absolute atomic E-state index is 0.335. The van der Waals surface area contributed by atoms with Crippen molar-refractivity contribution in [2.45, 2.75) is 35.4 Å². The number of aliphatic hydroxyl groups excluding tert-OH is 3. The van der Waals surface area contributed by atoms with E-state index in [4.69, 9.17) is 32.7 Å². The molecule has 0 spiro atoms. The minimum Gasteiger partial charge on any atom is -0.497 e. The van der Waals surface area contributed by atoms with Crippen LogP contribution in [0.2, 0.25) is 10.0 Å². The first kappa shape index (κ1) is 21.7. The Morgan fingerprint density at radius 2 is 1.93 bits per heavy atom. The minimum atomic E-state index is -1.25. The summed E-state index contributed by atoms with van der Waals surface area (Å²) in [5, 5.41) is 31.5. The van der Waals surface area contributed by atoms with Gasteiger partial charge in [-0.3, -0.25) is 4.57 Å². The van der Waals surface area contributed by atoms with Crippen molar-refractivity contribution in [1.82, 2.24) is 9.55 Å². The van der Waals surface area contributed by atoms with E-state index in [0.29, 0.717) is 32.0 Å². The summed E-state index contributed by atoms with van der Waals surface area (Å²) >= 11 is 13.8. The summed E-state index contributed by atoms with van der Waals surface area (Å²) in [6, 6.07) is 11.0. The fourth-order valence-corrected chi connectivity index (χ4v) is 4.71. The number of hydrogen-bond acceptors (Lipinski definition) is 7. The Morgan fingerprint density at radius 1 is 1.17 bits per heavy atom. The Bertz CT molecular complexity index is 1060. The van der Waals surface area contributed by atoms with Crippen molar-refractivity contribution in [2.75, 3.05) is 13.7 Å². The maximum atomic E-state index is 10.6. The van der Waals surface area contributed by atoms with Crippen LogP contribution < -0.4 is 4.74 Å². The summed E-state index contributed by atoms with van der Waals surface area (Å²) in [6.45, 7) is -0.416. The van der Waals surface area contributed by atoms with Gasteiger partial charge in [-0.05, 0) is 29.8 Å². The van der Waals surface area contributed by atoms with Crippen LogP contribution in [0.4, 0.5) is 0 Å². The number of thioether (sulfide) groups is 1. The average Bonchev–Trinajstić information content (AvgIpc) is 3.23. The first-order valence-corrected chi connectivity index (χ1v) is 10.9. The lowest BCUT2D eigenvalue weighted by Crippen LogP contribution is -2.33. The van der Waals surface area contributed by atoms with Crippen LogP contribution in [-0.4, -0.2) is 56.9 Å². The Kier molecular flexibility index (Phi) is 6.45. The van der Waals surface area contributed by atoms with Crippen molar-refractivity contribution in [3.05, 3.63) is 52.0 Å². The molecular formula is C20H20Cl2N2O5S. The number of nitrogens with zero attached hydrogens (tertiary/aromatic N) is 2. The summed E-state index contributed by atoms with van der Waals surface area (Å²) in [5.41, 5.74) is 2.21. The number of methoxy groups -OCH3 is 1. The topological polar surface area (TPSA) is 97.0 Å². The van der Waals surface area contributed by atoms with Gasteiger partial charge in [0.1, 0.15) is 24.1 Å². The first-order valence-electron chi connectivity index (χ1n) is 9.18. The molecule has 160 valence electrons. The standard InChI is InChI=1S/C20H20Cl2N2O5S/c1-28-11-4-2-3-10(5-11)9-30-20-23-14-6-12(21)13(22)7-15(14)24(20)19-18(27)17(26)16(8-25)29-19/h2-7,16-19,25-27H,8-9H2,1H3/t16-,17-,18-,19-/m1/s1. The molecule has 0 saturated carbocycles. The maximum absolute atomic E-state index is 10.6. The Labute approximate surface area is 187 Å². The molecule has 10 heteroatoms. The molecule has 0 radical (unpaired) electrons. The van der Waals surface area contributed by atoms with Gasteiger partial charge in [-0.25, -0.2) is 4.98 Å². The lowest BCUT2D eigenvalue weighted by atomic mass is 10.1. The highest BCUT2D eigenvalue weighted by Gasteiger charge is 2.44. The zero-order valence-corrected chi connectivity index (χ0v) is 18.2. The number of hydrogen-bond donors (Lipinski definition) is 3. The fourth-order valence-electron chi connectivity index (χ4n) is 3.42. The fraction of sp³-hybridized carbons (Fsp3) is 0.350. The van der Waals surface area contributed by atoms with Crippen molar-refractivity contribution in [1.29, 1.82) is 0 Å². The Hall–Kier alpha value is -1.52. The molecule has 1 aliphatic heterocycles. The summed E-state index contributed by atoms with van der Waals surface area (Å²) in [5.74, 6) is 1.33. The lowest BCUT2D eigenvalue weighted by Gasteiger charge is -2.20. The number of ether oxygens (including phenoxy) is 2. The van der Waals surface area contributed by atoms with Crippen molar-refractivity contribution in [3.63, 3.8) is 0 Å². The summed E-state index contributed by atoms with van der Waals surface area (Å²) < 4.78 is 12.7. The van der Waals surface area contributed by atoms with Crippen molar-refractivity contribution in [3.8, 4) is 5.75 Å². The monoisotopic (exact) mass is 470 g/mol. The normalized spacial score (nSPS) is 23.9. The van der Waals surface area contributed by atoms with Crippen LogP contribution in [-0.2, 0) is 10.5 Å². The number of imidazole rings is 1. The Morgan fingerprint density at radius 3 is 2.63 bits per heavy atom. The molecular weight excluding hydrogens is 451 g/mol. The first-order chi connectivity index (χ1) is 14.4. The van der Waals surface area contributed by atoms with Gasteiger partial charge in [-0.1, -0.05) is 47.1 Å². The van der Waals surface area contributed by atoms with Crippen molar-refractivity contribution < 1.29 is 24.8 Å². The highest BCUT2D eigenvalue weighted by Crippen LogP contribution is 2.39. The summed E-state index contributed by atoms with van der Waals surface area (Å²) in [4.78, 5) is 4.64. The zero-order valence-electron chi connectivity index (χ0n) is 15.9. The van der Waals surface area contributed by atoms with Crippen LogP contribution in [0, 0.1) is 0 Å². The molecule has 7 nitrogen and oxygen atoms in total. The number of benzene rings is 2. The molecule has 1 aliphatic rings. The van der Waals surface area contributed by atoms with E-state index in [-0.39, 0.29) is 0 Å². The molecule has 2 heterocycles. The SMILES string of the molecule is COc1cccc(CSc2nc3cc(Cl)c(Cl)cc3n2[C@@H]2O[C@H](CO)[C@@H](O)[C@H]2O)c1. The zero-order chi connectivity index (χ0) is 21.4. The van der Waals surface area contributed by atoms with Crippen LogP contribution in [0.25, 0.3) is 11.0 Å². The molecule has 0 unspecified atom stereocenters. The van der Waals surface area contributed by atoms with Gasteiger partial charge in [-0.2, -0.15) is 0 Å². The third-order valence-corrected chi connectivity index (χ3v) is 6.72. The van der Waals surface area contributed by atoms with E-state index in [1.54, 1.807) is 23.8 Å². The van der Waals surface area contributed by atoms with Gasteiger partial charge in [0, 0.05) is 5.75 Å². The molecule has 30 heavy (non-hydrogen) atoms. The van der Waals surface area contributed by atoms with Crippen molar-refractivity contribution >= 4 is 46.0 Å². The van der Waals surface area contributed by atoms with Gasteiger partial charge in [0.15, 0.2) is 11.4 Å². The van der Waals surface area contributed by atoms with Gasteiger partial charge < -0.3 is 24.8 Å². The van der Waals surface area contributed by atoms with Gasteiger partial charge in [0.25, 0.3) is 0 Å². The number of aromatic nitrogens is 2. The van der Waals surface area contributed by atoms with E-state index in [9.17, 15) is 15.3 Å². The number of fused-ring (bicyclic) bond motifs is 1. The molecule has 4 rings (SSSR count). The Balaban J connectivity index is 1.74. The number of rotatable bonds is 6. The van der Waals surface area contributed by atoms with Crippen LogP contribution in [0.5, 0.6) is 5.75 Å². The van der Waals surface area contributed by atoms with E-state index in [0.717, 1.165) is 11.3 Å². The molecule has 1 saturated heterocycles. The van der Waals surface area contributed by atoms with E-state index < -0.39 is 31.1 Å². The quantitative estimate of drug-likeness (QED) is 0.475. The third-order valence-electron chi connectivity index (χ3n) is 4.97. The smallest absolute Gasteiger partial charge is 0.171 e. The van der Waals surface area contributed by atoms with Gasteiger partial charge in [0.2, 0.25) is 0 Å². The van der Waals surface area contributed by atoms with E-state index in [2.05, 4.69) is 4.98 Å². The molecule has 3 aromatic rings. The van der Waals surface area contributed by atoms with Crippen LogP contribution in [0.1, 0.15) is 11.8 Å². The van der Waals surface area contributed by atoms with Crippen LogP contribution in [0.15, 0.2) is 41.6 Å². The third kappa shape index (κ3) is 4.01. The van der Waals surface area contributed by atoms with E-state index in [1.807, 2.05) is 24.3 Å².